The van der Waals surface area contributed by atoms with E-state index >= 15 is 0 Å². The van der Waals surface area contributed by atoms with Gasteiger partial charge < -0.3 is 14.6 Å². The second-order valence-electron chi connectivity index (χ2n) is 7.47. The van der Waals surface area contributed by atoms with Crippen LogP contribution in [0.1, 0.15) is 17.5 Å². The highest BCUT2D eigenvalue weighted by Crippen LogP contribution is 2.30. The number of likely N-dealkylation sites (tertiary alicyclic amines) is 1. The Balaban J connectivity index is 1.67. The number of rotatable bonds is 7. The Kier molecular flexibility index (Phi) is 6.52. The van der Waals surface area contributed by atoms with Gasteiger partial charge in [-0.3, -0.25) is 9.59 Å². The molecule has 3 aromatic rings. The van der Waals surface area contributed by atoms with E-state index in [9.17, 15) is 14.7 Å². The first-order valence-corrected chi connectivity index (χ1v) is 10.7. The molecule has 1 fully saturated rings. The zero-order valence-corrected chi connectivity index (χ0v) is 18.0. The summed E-state index contributed by atoms with van der Waals surface area (Å²) in [5, 5.41) is 11.5. The molecule has 32 heavy (non-hydrogen) atoms. The maximum absolute atomic E-state index is 12.9. The standard InChI is InChI=1S/C25H22ClN3O3/c26-20-10-8-19(9-11-20)23(30)22-21(12-7-18-5-2-1-3-6-18)29(25(32)24(22)31)15-4-14-28-16-13-27-17-28/h1-3,5-13,16-17,21,30H,4,14-15H2/b12-7+,23-22-. The molecule has 6 nitrogen and oxygen atoms in total. The first-order chi connectivity index (χ1) is 15.5. The van der Waals surface area contributed by atoms with Gasteiger partial charge in [-0.2, -0.15) is 0 Å². The number of ketones is 1. The fraction of sp³-hybridized carbons (Fsp3) is 0.160. The first-order valence-electron chi connectivity index (χ1n) is 10.3. The van der Waals surface area contributed by atoms with Crippen molar-refractivity contribution >= 4 is 35.1 Å². The van der Waals surface area contributed by atoms with Gasteiger partial charge in [0.15, 0.2) is 0 Å². The van der Waals surface area contributed by atoms with Crippen LogP contribution in [0.4, 0.5) is 0 Å². The SMILES string of the molecule is O=C1C(=O)N(CCCn2ccnc2)C(/C=C/c2ccccc2)/C1=C(/O)c1ccc(Cl)cc1. The van der Waals surface area contributed by atoms with Crippen LogP contribution < -0.4 is 0 Å². The van der Waals surface area contributed by atoms with Crippen molar-refractivity contribution in [1.29, 1.82) is 0 Å². The van der Waals surface area contributed by atoms with Gasteiger partial charge in [0, 0.05) is 36.1 Å². The molecule has 1 aliphatic rings. The van der Waals surface area contributed by atoms with Crippen LogP contribution in [0.5, 0.6) is 0 Å². The Hall–Kier alpha value is -3.64. The number of aryl methyl sites for hydroxylation is 1. The molecule has 162 valence electrons. The van der Waals surface area contributed by atoms with Crippen LogP contribution in [0, 0.1) is 0 Å². The summed E-state index contributed by atoms with van der Waals surface area (Å²) in [7, 11) is 0. The van der Waals surface area contributed by atoms with Crippen LogP contribution in [-0.2, 0) is 16.1 Å². The monoisotopic (exact) mass is 447 g/mol. The van der Waals surface area contributed by atoms with Crippen molar-refractivity contribution < 1.29 is 14.7 Å². The molecule has 4 rings (SSSR count). The number of carbonyl (C=O) groups is 2. The summed E-state index contributed by atoms with van der Waals surface area (Å²) in [5.41, 5.74) is 1.44. The number of hydrogen-bond donors (Lipinski definition) is 1. The van der Waals surface area contributed by atoms with E-state index in [1.54, 1.807) is 42.9 Å². The number of aromatic nitrogens is 2. The minimum Gasteiger partial charge on any atom is -0.507 e. The lowest BCUT2D eigenvalue weighted by atomic mass is 10.00. The molecule has 0 saturated carbocycles. The van der Waals surface area contributed by atoms with E-state index in [-0.39, 0.29) is 11.3 Å². The van der Waals surface area contributed by atoms with Crippen molar-refractivity contribution in [2.75, 3.05) is 6.54 Å². The van der Waals surface area contributed by atoms with Gasteiger partial charge in [0.05, 0.1) is 17.9 Å². The van der Waals surface area contributed by atoms with E-state index in [2.05, 4.69) is 4.98 Å². The first kappa shape index (κ1) is 21.6. The smallest absolute Gasteiger partial charge is 0.295 e. The maximum Gasteiger partial charge on any atom is 0.295 e. The van der Waals surface area contributed by atoms with Crippen LogP contribution in [0.2, 0.25) is 5.02 Å². The summed E-state index contributed by atoms with van der Waals surface area (Å²) in [6.07, 6.45) is 9.54. The Morgan fingerprint density at radius 2 is 1.81 bits per heavy atom. The molecule has 1 atom stereocenters. The highest BCUT2D eigenvalue weighted by Gasteiger charge is 2.43. The largest absolute Gasteiger partial charge is 0.507 e. The molecule has 1 amide bonds. The molecule has 2 heterocycles. The van der Waals surface area contributed by atoms with Gasteiger partial charge in [-0.1, -0.05) is 54.1 Å². The zero-order valence-electron chi connectivity index (χ0n) is 17.3. The second kappa shape index (κ2) is 9.66. The van der Waals surface area contributed by atoms with Crippen molar-refractivity contribution in [2.45, 2.75) is 19.0 Å². The average molecular weight is 448 g/mol. The average Bonchev–Trinajstić information content (AvgIpc) is 3.41. The maximum atomic E-state index is 12.9. The number of halogens is 1. The molecule has 0 spiro atoms. The lowest BCUT2D eigenvalue weighted by Crippen LogP contribution is -2.34. The van der Waals surface area contributed by atoms with Gasteiger partial charge in [0.25, 0.3) is 11.7 Å². The summed E-state index contributed by atoms with van der Waals surface area (Å²) in [6.45, 7) is 1.03. The molecule has 2 aromatic carbocycles. The third-order valence-electron chi connectivity index (χ3n) is 5.35. The molecular weight excluding hydrogens is 426 g/mol. The van der Waals surface area contributed by atoms with Gasteiger partial charge in [-0.15, -0.1) is 0 Å². The number of imidazole rings is 1. The third kappa shape index (κ3) is 4.65. The van der Waals surface area contributed by atoms with Crippen LogP contribution in [-0.4, -0.2) is 43.8 Å². The summed E-state index contributed by atoms with van der Waals surface area (Å²) in [6, 6.07) is 15.4. The zero-order chi connectivity index (χ0) is 22.5. The Bertz CT molecular complexity index is 1150. The number of amides is 1. The van der Waals surface area contributed by atoms with Gasteiger partial charge >= 0.3 is 0 Å². The molecule has 7 heteroatoms. The normalized spacial score (nSPS) is 18.0. The minimum atomic E-state index is -0.692. The summed E-state index contributed by atoms with van der Waals surface area (Å²) in [4.78, 5) is 31.3. The van der Waals surface area contributed by atoms with Crippen molar-refractivity contribution in [3.8, 4) is 0 Å². The van der Waals surface area contributed by atoms with Crippen molar-refractivity contribution in [1.82, 2.24) is 14.5 Å². The molecule has 1 aromatic heterocycles. The summed E-state index contributed by atoms with van der Waals surface area (Å²) in [5.74, 6) is -1.52. The number of Topliss-reactive ketones (excluding diaryl/α,β-unsaturated/α-hetero) is 1. The molecule has 1 aliphatic heterocycles. The fourth-order valence-electron chi connectivity index (χ4n) is 3.72. The van der Waals surface area contributed by atoms with Gasteiger partial charge in [0.1, 0.15) is 5.76 Å². The predicted octanol–water partition coefficient (Wildman–Crippen LogP) is 4.39. The van der Waals surface area contributed by atoms with Crippen molar-refractivity contribution in [3.63, 3.8) is 0 Å². The highest BCUT2D eigenvalue weighted by molar-refractivity contribution is 6.47. The van der Waals surface area contributed by atoms with Crippen LogP contribution in [0.3, 0.4) is 0 Å². The number of aliphatic hydroxyl groups is 1. The van der Waals surface area contributed by atoms with Gasteiger partial charge in [-0.25, -0.2) is 4.98 Å². The highest BCUT2D eigenvalue weighted by atomic mass is 35.5. The van der Waals surface area contributed by atoms with Crippen molar-refractivity contribution in [3.05, 3.63) is 101 Å². The van der Waals surface area contributed by atoms with Crippen molar-refractivity contribution in [2.24, 2.45) is 0 Å². The Morgan fingerprint density at radius 3 is 2.50 bits per heavy atom. The van der Waals surface area contributed by atoms with Gasteiger partial charge in [0.2, 0.25) is 0 Å². The Morgan fingerprint density at radius 1 is 1.06 bits per heavy atom. The molecule has 1 saturated heterocycles. The molecule has 1 unspecified atom stereocenters. The van der Waals surface area contributed by atoms with E-state index in [1.807, 2.05) is 47.2 Å². The molecule has 0 aliphatic carbocycles. The van der Waals surface area contributed by atoms with Crippen LogP contribution >= 0.6 is 11.6 Å². The quantitative estimate of drug-likeness (QED) is 0.331. The lowest BCUT2D eigenvalue weighted by Gasteiger charge is -2.22. The van der Waals surface area contributed by atoms with E-state index in [0.29, 0.717) is 30.1 Å². The van der Waals surface area contributed by atoms with Crippen LogP contribution in [0.25, 0.3) is 11.8 Å². The minimum absolute atomic E-state index is 0.0761. The molecule has 0 bridgehead atoms. The Labute approximate surface area is 191 Å². The number of carbonyl (C=O) groups excluding carboxylic acids is 2. The topological polar surface area (TPSA) is 75.4 Å². The van der Waals surface area contributed by atoms with E-state index in [0.717, 1.165) is 5.56 Å². The third-order valence-corrected chi connectivity index (χ3v) is 5.60. The van der Waals surface area contributed by atoms with E-state index in [1.165, 1.54) is 4.90 Å². The molecule has 1 N–H and O–H groups in total. The number of benzene rings is 2. The summed E-state index contributed by atoms with van der Waals surface area (Å²) < 4.78 is 1.92. The molecule has 0 radical (unpaired) electrons. The second-order valence-corrected chi connectivity index (χ2v) is 7.90. The predicted molar refractivity (Wildman–Crippen MR) is 124 cm³/mol. The summed E-state index contributed by atoms with van der Waals surface area (Å²) >= 11 is 5.95. The van der Waals surface area contributed by atoms with Crippen LogP contribution in [0.15, 0.2) is 85.0 Å². The fourth-order valence-corrected chi connectivity index (χ4v) is 3.85. The number of hydrogen-bond acceptors (Lipinski definition) is 4. The van der Waals surface area contributed by atoms with E-state index < -0.39 is 17.7 Å². The number of aliphatic hydroxyl groups excluding tert-OH is 1. The van der Waals surface area contributed by atoms with E-state index in [4.69, 9.17) is 11.6 Å². The lowest BCUT2D eigenvalue weighted by molar-refractivity contribution is -0.139. The number of nitrogens with zero attached hydrogens (tertiary/aromatic N) is 3. The van der Waals surface area contributed by atoms with Gasteiger partial charge in [-0.05, 0) is 36.2 Å². The molecular formula is C25H22ClN3O3.